The van der Waals surface area contributed by atoms with Gasteiger partial charge in [-0.3, -0.25) is 0 Å². The Balaban J connectivity index is 2.10. The quantitative estimate of drug-likeness (QED) is 0.807. The van der Waals surface area contributed by atoms with E-state index in [1.54, 1.807) is 0 Å². The van der Waals surface area contributed by atoms with Gasteiger partial charge in [0.1, 0.15) is 5.82 Å². The van der Waals surface area contributed by atoms with E-state index in [4.69, 9.17) is 0 Å². The van der Waals surface area contributed by atoms with Crippen molar-refractivity contribution in [3.8, 4) is 0 Å². The minimum atomic E-state index is -2.89. The lowest BCUT2D eigenvalue weighted by Gasteiger charge is -2.13. The molecule has 0 radical (unpaired) electrons. The Morgan fingerprint density at radius 3 is 2.38 bits per heavy atom. The molecule has 2 heterocycles. The molecule has 1 N–H and O–H groups in total. The van der Waals surface area contributed by atoms with Crippen LogP contribution in [0.25, 0.3) is 0 Å². The number of nitrogens with one attached hydrogen (secondary N) is 1. The first-order valence-electron chi connectivity index (χ1n) is 7.68. The van der Waals surface area contributed by atoms with Gasteiger partial charge in [-0.15, -0.1) is 0 Å². The van der Waals surface area contributed by atoms with Crippen molar-refractivity contribution in [1.29, 1.82) is 0 Å². The molecule has 0 saturated carbocycles. The Bertz CT molecular complexity index is 576. The molecular formula is C15H25N3O2S. The maximum atomic E-state index is 11.6. The van der Waals surface area contributed by atoms with E-state index in [0.29, 0.717) is 12.2 Å². The van der Waals surface area contributed by atoms with Crippen LogP contribution in [0.5, 0.6) is 0 Å². The average molecular weight is 311 g/mol. The minimum Gasteiger partial charge on any atom is -0.316 e. The van der Waals surface area contributed by atoms with E-state index < -0.39 is 9.84 Å². The second-order valence-electron chi connectivity index (χ2n) is 5.83. The van der Waals surface area contributed by atoms with Crippen molar-refractivity contribution in [2.45, 2.75) is 46.0 Å². The van der Waals surface area contributed by atoms with Gasteiger partial charge in [0.05, 0.1) is 11.5 Å². The van der Waals surface area contributed by atoms with E-state index in [2.05, 4.69) is 22.2 Å². The number of nitrogens with zero attached hydrogens (tertiary/aromatic N) is 2. The number of aromatic nitrogens is 2. The predicted molar refractivity (Wildman–Crippen MR) is 84.4 cm³/mol. The van der Waals surface area contributed by atoms with Crippen LogP contribution in [-0.4, -0.2) is 43.0 Å². The summed E-state index contributed by atoms with van der Waals surface area (Å²) in [5, 5.41) is 3.38. The highest BCUT2D eigenvalue weighted by Gasteiger charge is 2.31. The molecule has 2 rings (SSSR count). The molecule has 0 bridgehead atoms. The molecule has 1 aromatic rings. The molecule has 1 fully saturated rings. The van der Waals surface area contributed by atoms with Crippen LogP contribution >= 0.6 is 0 Å². The van der Waals surface area contributed by atoms with E-state index in [-0.39, 0.29) is 17.4 Å². The van der Waals surface area contributed by atoms with Gasteiger partial charge in [-0.1, -0.05) is 6.92 Å². The molecule has 0 amide bonds. The number of sulfone groups is 1. The van der Waals surface area contributed by atoms with Gasteiger partial charge in [-0.25, -0.2) is 18.4 Å². The number of hydrogen-bond acceptors (Lipinski definition) is 5. The summed E-state index contributed by atoms with van der Waals surface area (Å²) < 4.78 is 23.2. The van der Waals surface area contributed by atoms with E-state index >= 15 is 0 Å². The minimum absolute atomic E-state index is 0.0281. The van der Waals surface area contributed by atoms with Crippen LogP contribution in [0, 0.1) is 13.8 Å². The lowest BCUT2D eigenvalue weighted by molar-refractivity contribution is 0.600. The second kappa shape index (κ2) is 6.83. The maximum absolute atomic E-state index is 11.6. The van der Waals surface area contributed by atoms with Crippen molar-refractivity contribution >= 4 is 9.84 Å². The lowest BCUT2D eigenvalue weighted by atomic mass is 10.1. The lowest BCUT2D eigenvalue weighted by Crippen LogP contribution is -2.20. The summed E-state index contributed by atoms with van der Waals surface area (Å²) in [6.07, 6.45) is 2.70. The Morgan fingerprint density at radius 1 is 1.19 bits per heavy atom. The Morgan fingerprint density at radius 2 is 1.86 bits per heavy atom. The summed E-state index contributed by atoms with van der Waals surface area (Å²) in [6, 6.07) is 0. The van der Waals surface area contributed by atoms with Gasteiger partial charge in [-0.05, 0) is 51.8 Å². The number of rotatable bonds is 6. The van der Waals surface area contributed by atoms with Crippen molar-refractivity contribution in [3.63, 3.8) is 0 Å². The largest absolute Gasteiger partial charge is 0.316 e. The maximum Gasteiger partial charge on any atom is 0.151 e. The van der Waals surface area contributed by atoms with Crippen molar-refractivity contribution in [2.24, 2.45) is 0 Å². The van der Waals surface area contributed by atoms with Gasteiger partial charge in [-0.2, -0.15) is 0 Å². The molecule has 1 atom stereocenters. The first-order valence-corrected chi connectivity index (χ1v) is 9.50. The highest BCUT2D eigenvalue weighted by atomic mass is 32.2. The monoisotopic (exact) mass is 311 g/mol. The van der Waals surface area contributed by atoms with Crippen LogP contribution in [-0.2, 0) is 16.3 Å². The summed E-state index contributed by atoms with van der Waals surface area (Å²) in [7, 11) is -2.89. The smallest absolute Gasteiger partial charge is 0.151 e. The molecule has 0 aromatic carbocycles. The summed E-state index contributed by atoms with van der Waals surface area (Å²) in [4.78, 5) is 9.15. The Labute approximate surface area is 127 Å². The predicted octanol–water partition coefficient (Wildman–Crippen LogP) is 1.54. The fraction of sp³-hybridized carbons (Fsp3) is 0.733. The highest BCUT2D eigenvalue weighted by molar-refractivity contribution is 7.91. The van der Waals surface area contributed by atoms with E-state index in [0.717, 1.165) is 37.3 Å². The Hall–Kier alpha value is -1.01. The molecule has 1 aromatic heterocycles. The first-order chi connectivity index (χ1) is 9.93. The average Bonchev–Trinajstić information content (AvgIpc) is 2.77. The molecule has 0 aliphatic carbocycles. The molecule has 1 aliphatic heterocycles. The van der Waals surface area contributed by atoms with Crippen LogP contribution in [0.1, 0.15) is 48.5 Å². The summed E-state index contributed by atoms with van der Waals surface area (Å²) >= 11 is 0. The van der Waals surface area contributed by atoms with Gasteiger partial charge >= 0.3 is 0 Å². The normalized spacial score (nSPS) is 20.8. The number of aryl methyl sites for hydroxylation is 2. The van der Waals surface area contributed by atoms with Gasteiger partial charge in [0.2, 0.25) is 0 Å². The molecule has 118 valence electrons. The highest BCUT2D eigenvalue weighted by Crippen LogP contribution is 2.27. The SMILES string of the molecule is CCCNCCc1c(C)nc(C2CCS(=O)(=O)C2)nc1C. The zero-order valence-corrected chi connectivity index (χ0v) is 14.0. The van der Waals surface area contributed by atoms with Crippen LogP contribution in [0.3, 0.4) is 0 Å². The van der Waals surface area contributed by atoms with Crippen molar-refractivity contribution < 1.29 is 8.42 Å². The molecule has 1 aliphatic rings. The zero-order chi connectivity index (χ0) is 15.5. The van der Waals surface area contributed by atoms with Crippen molar-refractivity contribution in [3.05, 3.63) is 22.8 Å². The summed E-state index contributed by atoms with van der Waals surface area (Å²) in [5.74, 6) is 1.14. The summed E-state index contributed by atoms with van der Waals surface area (Å²) in [6.45, 7) is 8.09. The van der Waals surface area contributed by atoms with Crippen LogP contribution < -0.4 is 5.32 Å². The zero-order valence-electron chi connectivity index (χ0n) is 13.1. The third-order valence-corrected chi connectivity index (χ3v) is 5.78. The third-order valence-electron chi connectivity index (χ3n) is 4.01. The molecule has 0 spiro atoms. The van der Waals surface area contributed by atoms with Gasteiger partial charge in [0, 0.05) is 17.3 Å². The van der Waals surface area contributed by atoms with E-state index in [1.165, 1.54) is 5.56 Å². The molecule has 1 saturated heterocycles. The van der Waals surface area contributed by atoms with E-state index in [9.17, 15) is 8.42 Å². The number of hydrogen-bond donors (Lipinski definition) is 1. The van der Waals surface area contributed by atoms with Gasteiger partial charge in [0.15, 0.2) is 9.84 Å². The van der Waals surface area contributed by atoms with Crippen molar-refractivity contribution in [1.82, 2.24) is 15.3 Å². The molecule has 21 heavy (non-hydrogen) atoms. The van der Waals surface area contributed by atoms with Crippen LogP contribution in [0.15, 0.2) is 0 Å². The summed E-state index contributed by atoms with van der Waals surface area (Å²) in [5.41, 5.74) is 3.16. The third kappa shape index (κ3) is 4.23. The molecular weight excluding hydrogens is 286 g/mol. The van der Waals surface area contributed by atoms with Gasteiger partial charge in [0.25, 0.3) is 0 Å². The first kappa shape index (κ1) is 16.4. The molecule has 1 unspecified atom stereocenters. The van der Waals surface area contributed by atoms with Crippen molar-refractivity contribution in [2.75, 3.05) is 24.6 Å². The fourth-order valence-corrected chi connectivity index (χ4v) is 4.56. The molecule has 5 nitrogen and oxygen atoms in total. The Kier molecular flexibility index (Phi) is 5.32. The van der Waals surface area contributed by atoms with Crippen LogP contribution in [0.4, 0.5) is 0 Å². The van der Waals surface area contributed by atoms with Crippen LogP contribution in [0.2, 0.25) is 0 Å². The standard InChI is InChI=1S/C15H25N3O2S/c1-4-7-16-8-5-14-11(2)17-15(18-12(14)3)13-6-9-21(19,20)10-13/h13,16H,4-10H2,1-3H3. The van der Waals surface area contributed by atoms with E-state index in [1.807, 2.05) is 13.8 Å². The second-order valence-corrected chi connectivity index (χ2v) is 8.06. The molecule has 6 heteroatoms. The topological polar surface area (TPSA) is 72.0 Å². The fourth-order valence-electron chi connectivity index (χ4n) is 2.82. The van der Waals surface area contributed by atoms with Gasteiger partial charge < -0.3 is 5.32 Å².